The van der Waals surface area contributed by atoms with Crippen LogP contribution in [0.4, 0.5) is 0 Å². The zero-order chi connectivity index (χ0) is 12.1. The molecular weight excluding hydrogens is 264 g/mol. The highest BCUT2D eigenvalue weighted by atomic mass is 35.5. The summed E-state index contributed by atoms with van der Waals surface area (Å²) in [6.07, 6.45) is 1.30. The maximum atomic E-state index is 11.8. The van der Waals surface area contributed by atoms with E-state index in [1.807, 2.05) is 6.92 Å². The average molecular weight is 277 g/mol. The Balaban J connectivity index is 2.62. The van der Waals surface area contributed by atoms with Crippen LogP contribution in [0.5, 0.6) is 0 Å². The quantitative estimate of drug-likeness (QED) is 0.813. The second-order valence-corrected chi connectivity index (χ2v) is 5.19. The van der Waals surface area contributed by atoms with Gasteiger partial charge in [-0.2, -0.15) is 0 Å². The van der Waals surface area contributed by atoms with Crippen LogP contribution in [0.25, 0.3) is 0 Å². The number of nitrogens with two attached hydrogens (primary N) is 1. The van der Waals surface area contributed by atoms with Crippen molar-refractivity contribution in [3.05, 3.63) is 21.3 Å². The fourth-order valence-electron chi connectivity index (χ4n) is 1.25. The molecule has 0 spiro atoms. The summed E-state index contributed by atoms with van der Waals surface area (Å²) in [4.78, 5) is 12.7. The van der Waals surface area contributed by atoms with Gasteiger partial charge in [0.25, 0.3) is 5.91 Å². The third-order valence-corrected chi connectivity index (χ3v) is 3.61. The normalized spacial score (nSPS) is 12.1. The van der Waals surface area contributed by atoms with Gasteiger partial charge in [0.05, 0.1) is 10.0 Å². The van der Waals surface area contributed by atoms with Gasteiger partial charge in [-0.1, -0.05) is 30.7 Å². The number of carbonyl (C=O) groups is 1. The monoisotopic (exact) mass is 276 g/mol. The fraction of sp³-hybridized carbons (Fsp3) is 0.400. The van der Waals surface area contributed by atoms with Crippen molar-refractivity contribution in [2.75, 3.05) is 0 Å². The van der Waals surface area contributed by atoms with Crippen LogP contribution in [0.1, 0.15) is 29.4 Å². The summed E-state index contributed by atoms with van der Waals surface area (Å²) in [5.74, 6) is -0.164. The van der Waals surface area contributed by atoms with Crippen molar-refractivity contribution in [1.29, 1.82) is 0 Å². The zero-order valence-corrected chi connectivity index (χ0v) is 11.2. The molecule has 3 N–H and O–H groups in total. The van der Waals surface area contributed by atoms with Crippen LogP contribution >= 0.6 is 35.2 Å². The third-order valence-electron chi connectivity index (χ3n) is 2.10. The predicted octanol–water partition coefficient (Wildman–Crippen LogP) is 2.59. The number of rotatable bonds is 5. The average Bonchev–Trinajstić information content (AvgIpc) is 2.62. The lowest BCUT2D eigenvalue weighted by Crippen LogP contribution is -2.36. The zero-order valence-electron chi connectivity index (χ0n) is 8.83. The van der Waals surface area contributed by atoms with Gasteiger partial charge in [-0.05, 0) is 17.9 Å². The Morgan fingerprint density at radius 1 is 1.75 bits per heavy atom. The highest BCUT2D eigenvalue weighted by Crippen LogP contribution is 2.21. The van der Waals surface area contributed by atoms with Crippen LogP contribution in [0.3, 0.4) is 0 Å². The minimum atomic E-state index is -0.164. The van der Waals surface area contributed by atoms with E-state index in [-0.39, 0.29) is 11.9 Å². The van der Waals surface area contributed by atoms with Gasteiger partial charge < -0.3 is 11.1 Å². The van der Waals surface area contributed by atoms with Crippen molar-refractivity contribution >= 4 is 46.1 Å². The first-order valence-corrected chi connectivity index (χ1v) is 6.53. The maximum absolute atomic E-state index is 11.8. The summed E-state index contributed by atoms with van der Waals surface area (Å²) in [5, 5.41) is 5.12. The summed E-state index contributed by atoms with van der Waals surface area (Å²) in [7, 11) is 0. The van der Waals surface area contributed by atoms with Crippen LogP contribution in [-0.2, 0) is 0 Å². The molecule has 6 heteroatoms. The SMILES string of the molecule is CCC(CC(N)=S)NC(=O)c1sccc1Cl. The second kappa shape index (κ2) is 6.18. The molecule has 0 radical (unpaired) electrons. The van der Waals surface area contributed by atoms with Crippen LogP contribution in [-0.4, -0.2) is 16.9 Å². The Kier molecular flexibility index (Phi) is 5.18. The van der Waals surface area contributed by atoms with Gasteiger partial charge >= 0.3 is 0 Å². The molecule has 1 aromatic rings. The van der Waals surface area contributed by atoms with Crippen molar-refractivity contribution < 1.29 is 4.79 Å². The third kappa shape index (κ3) is 3.73. The molecule has 88 valence electrons. The van der Waals surface area contributed by atoms with E-state index in [0.717, 1.165) is 6.42 Å². The van der Waals surface area contributed by atoms with Gasteiger partial charge in [-0.15, -0.1) is 11.3 Å². The van der Waals surface area contributed by atoms with Gasteiger partial charge in [0.1, 0.15) is 4.88 Å². The first kappa shape index (κ1) is 13.4. The first-order chi connectivity index (χ1) is 7.54. The van der Waals surface area contributed by atoms with Crippen LogP contribution in [0.15, 0.2) is 11.4 Å². The number of hydrogen-bond donors (Lipinski definition) is 2. The molecule has 1 aromatic heterocycles. The summed E-state index contributed by atoms with van der Waals surface area (Å²) >= 11 is 12.0. The lowest BCUT2D eigenvalue weighted by atomic mass is 10.1. The smallest absolute Gasteiger partial charge is 0.263 e. The predicted molar refractivity (Wildman–Crippen MR) is 72.3 cm³/mol. The molecule has 16 heavy (non-hydrogen) atoms. The lowest BCUT2D eigenvalue weighted by Gasteiger charge is -2.15. The molecule has 0 fully saturated rings. The van der Waals surface area contributed by atoms with E-state index in [1.54, 1.807) is 11.4 Å². The van der Waals surface area contributed by atoms with E-state index in [9.17, 15) is 4.79 Å². The standard InChI is InChI=1S/C10H13ClN2OS2/c1-2-6(5-8(12)15)13-10(14)9-7(11)3-4-16-9/h3-4,6H,2,5H2,1H3,(H2,12,15)(H,13,14). The van der Waals surface area contributed by atoms with Crippen molar-refractivity contribution in [2.45, 2.75) is 25.8 Å². The van der Waals surface area contributed by atoms with Crippen LogP contribution in [0.2, 0.25) is 5.02 Å². The molecule has 0 aliphatic carbocycles. The molecule has 1 rings (SSSR count). The van der Waals surface area contributed by atoms with Crippen molar-refractivity contribution in [2.24, 2.45) is 5.73 Å². The van der Waals surface area contributed by atoms with Gasteiger partial charge in [-0.3, -0.25) is 4.79 Å². The van der Waals surface area contributed by atoms with E-state index in [0.29, 0.717) is 21.3 Å². The van der Waals surface area contributed by atoms with Crippen LogP contribution < -0.4 is 11.1 Å². The molecule has 0 aliphatic rings. The van der Waals surface area contributed by atoms with Gasteiger partial charge in [0.2, 0.25) is 0 Å². The Morgan fingerprint density at radius 3 is 2.88 bits per heavy atom. The van der Waals surface area contributed by atoms with Gasteiger partial charge in [0, 0.05) is 12.5 Å². The summed E-state index contributed by atoms with van der Waals surface area (Å²) in [5.41, 5.74) is 5.45. The summed E-state index contributed by atoms with van der Waals surface area (Å²) < 4.78 is 0. The molecule has 0 bridgehead atoms. The summed E-state index contributed by atoms with van der Waals surface area (Å²) in [6, 6.07) is 1.68. The Hall–Kier alpha value is -0.650. The molecule has 1 amide bonds. The van der Waals surface area contributed by atoms with E-state index < -0.39 is 0 Å². The molecule has 0 saturated heterocycles. The van der Waals surface area contributed by atoms with E-state index >= 15 is 0 Å². The van der Waals surface area contributed by atoms with E-state index in [2.05, 4.69) is 5.32 Å². The molecule has 0 aliphatic heterocycles. The maximum Gasteiger partial charge on any atom is 0.263 e. The number of halogens is 1. The lowest BCUT2D eigenvalue weighted by molar-refractivity contribution is 0.0941. The topological polar surface area (TPSA) is 55.1 Å². The Morgan fingerprint density at radius 2 is 2.44 bits per heavy atom. The molecule has 0 aromatic carbocycles. The first-order valence-electron chi connectivity index (χ1n) is 4.86. The fourth-order valence-corrected chi connectivity index (χ4v) is 2.49. The molecule has 3 nitrogen and oxygen atoms in total. The molecule has 1 heterocycles. The number of nitrogens with one attached hydrogen (secondary N) is 1. The summed E-state index contributed by atoms with van der Waals surface area (Å²) in [6.45, 7) is 1.97. The van der Waals surface area contributed by atoms with Gasteiger partial charge in [-0.25, -0.2) is 0 Å². The number of carbonyl (C=O) groups excluding carboxylic acids is 1. The van der Waals surface area contributed by atoms with Crippen molar-refractivity contribution in [3.8, 4) is 0 Å². The molecular formula is C10H13ClN2OS2. The molecule has 1 atom stereocenters. The van der Waals surface area contributed by atoms with Crippen molar-refractivity contribution in [3.63, 3.8) is 0 Å². The number of thiophene rings is 1. The molecule has 0 saturated carbocycles. The number of amides is 1. The Bertz CT molecular complexity index is 392. The largest absolute Gasteiger partial charge is 0.393 e. The highest BCUT2D eigenvalue weighted by molar-refractivity contribution is 7.80. The van der Waals surface area contributed by atoms with Crippen molar-refractivity contribution in [1.82, 2.24) is 5.32 Å². The minimum absolute atomic E-state index is 0.0248. The second-order valence-electron chi connectivity index (χ2n) is 3.35. The number of thiocarbonyl (C=S) groups is 1. The Labute approximate surface area is 109 Å². The van der Waals surface area contributed by atoms with Gasteiger partial charge in [0.15, 0.2) is 0 Å². The van der Waals surface area contributed by atoms with Crippen LogP contribution in [0, 0.1) is 0 Å². The van der Waals surface area contributed by atoms with E-state index in [4.69, 9.17) is 29.6 Å². The minimum Gasteiger partial charge on any atom is -0.393 e. The van der Waals surface area contributed by atoms with E-state index in [1.165, 1.54) is 11.3 Å². The number of hydrogen-bond acceptors (Lipinski definition) is 3. The highest BCUT2D eigenvalue weighted by Gasteiger charge is 2.16. The molecule has 1 unspecified atom stereocenters.